The summed E-state index contributed by atoms with van der Waals surface area (Å²) in [5.74, 6) is -0.653. The van der Waals surface area contributed by atoms with Gasteiger partial charge in [-0.15, -0.1) is 0 Å². The number of nitrogens with two attached hydrogens (primary N) is 1. The molecule has 0 aromatic heterocycles. The zero-order chi connectivity index (χ0) is 20.9. The Bertz CT molecular complexity index is 958. The number of nitrogens with zero attached hydrogens (tertiary/aromatic N) is 1. The first-order chi connectivity index (χ1) is 13.1. The van der Waals surface area contributed by atoms with Crippen molar-refractivity contribution in [1.82, 2.24) is 0 Å². The van der Waals surface area contributed by atoms with Crippen molar-refractivity contribution in [3.05, 3.63) is 54.1 Å². The second-order valence-corrected chi connectivity index (χ2v) is 8.15. The van der Waals surface area contributed by atoms with Crippen molar-refractivity contribution < 1.29 is 22.7 Å². The zero-order valence-corrected chi connectivity index (χ0v) is 16.7. The highest BCUT2D eigenvalue weighted by molar-refractivity contribution is 7.92. The molecule has 0 heterocycles. The van der Waals surface area contributed by atoms with E-state index < -0.39 is 27.9 Å². The van der Waals surface area contributed by atoms with E-state index in [9.17, 15) is 18.0 Å². The van der Waals surface area contributed by atoms with Gasteiger partial charge in [-0.25, -0.2) is 8.42 Å². The molecule has 2 rings (SSSR count). The quantitative estimate of drug-likeness (QED) is 0.696. The lowest BCUT2D eigenvalue weighted by atomic mass is 10.1. The van der Waals surface area contributed by atoms with Crippen molar-refractivity contribution in [2.24, 2.45) is 5.73 Å². The minimum Gasteiger partial charge on any atom is -0.481 e. The number of hydrogen-bond acceptors (Lipinski definition) is 5. The summed E-state index contributed by atoms with van der Waals surface area (Å²) in [6.07, 6.45) is 0.688. The number of sulfonamides is 1. The third-order valence-corrected chi connectivity index (χ3v) is 5.30. The van der Waals surface area contributed by atoms with Crippen LogP contribution in [0.5, 0.6) is 5.75 Å². The Morgan fingerprint density at radius 2 is 1.75 bits per heavy atom. The van der Waals surface area contributed by atoms with Crippen LogP contribution >= 0.6 is 0 Å². The van der Waals surface area contributed by atoms with Crippen LogP contribution in [0.15, 0.2) is 48.5 Å². The standard InChI is InChI=1S/C19H23N3O5S/c1-4-17(19(24)21-16-8-6-5-7-15(16)18(20)23)27-14-11-9-13(10-12-14)22(2)28(3,25)26/h5-12,17H,4H2,1-3H3,(H2,20,23)(H,21,24)/t17-/m0/s1. The third-order valence-electron chi connectivity index (χ3n) is 4.09. The minimum atomic E-state index is -3.36. The molecule has 2 aromatic carbocycles. The summed E-state index contributed by atoms with van der Waals surface area (Å²) in [7, 11) is -1.92. The van der Waals surface area contributed by atoms with E-state index in [0.29, 0.717) is 23.5 Å². The predicted octanol–water partition coefficient (Wildman–Crippen LogP) is 1.98. The number of nitrogens with one attached hydrogen (secondary N) is 1. The molecule has 8 nitrogen and oxygen atoms in total. The maximum atomic E-state index is 12.6. The van der Waals surface area contributed by atoms with Crippen LogP contribution in [0.3, 0.4) is 0 Å². The number of benzene rings is 2. The fourth-order valence-corrected chi connectivity index (χ4v) is 2.94. The van der Waals surface area contributed by atoms with Crippen LogP contribution in [0.25, 0.3) is 0 Å². The van der Waals surface area contributed by atoms with E-state index in [-0.39, 0.29) is 5.56 Å². The van der Waals surface area contributed by atoms with E-state index in [1.807, 2.05) is 0 Å². The predicted molar refractivity (Wildman–Crippen MR) is 108 cm³/mol. The monoisotopic (exact) mass is 405 g/mol. The molecule has 0 saturated carbocycles. The van der Waals surface area contributed by atoms with Gasteiger partial charge in [0.25, 0.3) is 11.8 Å². The number of anilines is 2. The summed E-state index contributed by atoms with van der Waals surface area (Å²) < 4.78 is 30.0. The van der Waals surface area contributed by atoms with Crippen LogP contribution in [0, 0.1) is 0 Å². The molecule has 0 unspecified atom stereocenters. The van der Waals surface area contributed by atoms with Gasteiger partial charge >= 0.3 is 0 Å². The van der Waals surface area contributed by atoms with Gasteiger partial charge in [0, 0.05) is 7.05 Å². The molecule has 1 atom stereocenters. The van der Waals surface area contributed by atoms with Gasteiger partial charge in [0.2, 0.25) is 10.0 Å². The first-order valence-corrected chi connectivity index (χ1v) is 10.4. The minimum absolute atomic E-state index is 0.207. The van der Waals surface area contributed by atoms with Crippen LogP contribution in [0.2, 0.25) is 0 Å². The van der Waals surface area contributed by atoms with E-state index in [1.165, 1.54) is 13.1 Å². The highest BCUT2D eigenvalue weighted by atomic mass is 32.2. The summed E-state index contributed by atoms with van der Waals surface area (Å²) in [4.78, 5) is 24.0. The molecule has 28 heavy (non-hydrogen) atoms. The summed E-state index contributed by atoms with van der Waals surface area (Å²) in [6.45, 7) is 1.79. The normalized spacial score (nSPS) is 12.1. The molecule has 0 spiro atoms. The van der Waals surface area contributed by atoms with Crippen molar-refractivity contribution in [2.45, 2.75) is 19.4 Å². The van der Waals surface area contributed by atoms with Gasteiger partial charge in [-0.3, -0.25) is 13.9 Å². The van der Waals surface area contributed by atoms with Crippen molar-refractivity contribution in [3.8, 4) is 5.75 Å². The number of rotatable bonds is 8. The van der Waals surface area contributed by atoms with Crippen LogP contribution in [-0.2, 0) is 14.8 Å². The Labute approximate surface area is 164 Å². The lowest BCUT2D eigenvalue weighted by Gasteiger charge is -2.20. The first-order valence-electron chi connectivity index (χ1n) is 8.53. The number of hydrogen-bond donors (Lipinski definition) is 2. The average Bonchev–Trinajstić information content (AvgIpc) is 2.65. The van der Waals surface area contributed by atoms with Gasteiger partial charge < -0.3 is 15.8 Å². The van der Waals surface area contributed by atoms with E-state index in [1.54, 1.807) is 49.4 Å². The van der Waals surface area contributed by atoms with Gasteiger partial charge in [-0.05, 0) is 42.8 Å². The lowest BCUT2D eigenvalue weighted by Crippen LogP contribution is -2.33. The fraction of sp³-hybridized carbons (Fsp3) is 0.263. The molecular weight excluding hydrogens is 382 g/mol. The molecule has 0 fully saturated rings. The highest BCUT2D eigenvalue weighted by Crippen LogP contribution is 2.22. The second-order valence-electron chi connectivity index (χ2n) is 6.14. The average molecular weight is 405 g/mol. The van der Waals surface area contributed by atoms with Gasteiger partial charge in [-0.1, -0.05) is 19.1 Å². The zero-order valence-electron chi connectivity index (χ0n) is 15.9. The smallest absolute Gasteiger partial charge is 0.265 e. The summed E-state index contributed by atoms with van der Waals surface area (Å²) in [6, 6.07) is 12.8. The maximum absolute atomic E-state index is 12.6. The number of carbonyl (C=O) groups is 2. The Morgan fingerprint density at radius 3 is 2.29 bits per heavy atom. The van der Waals surface area contributed by atoms with Gasteiger partial charge in [0.1, 0.15) is 5.75 Å². The van der Waals surface area contributed by atoms with Crippen LogP contribution in [0.4, 0.5) is 11.4 Å². The van der Waals surface area contributed by atoms with Gasteiger partial charge in [0.15, 0.2) is 6.10 Å². The molecule has 150 valence electrons. The molecule has 0 aliphatic carbocycles. The summed E-state index contributed by atoms with van der Waals surface area (Å²) in [5, 5.41) is 2.66. The molecule has 0 bridgehead atoms. The second kappa shape index (κ2) is 8.75. The number of amides is 2. The Hall–Kier alpha value is -3.07. The molecule has 0 aliphatic heterocycles. The topological polar surface area (TPSA) is 119 Å². The maximum Gasteiger partial charge on any atom is 0.265 e. The highest BCUT2D eigenvalue weighted by Gasteiger charge is 2.21. The number of carbonyl (C=O) groups excluding carboxylic acids is 2. The van der Waals surface area contributed by atoms with E-state index >= 15 is 0 Å². The number of ether oxygens (including phenoxy) is 1. The fourth-order valence-electron chi connectivity index (χ4n) is 2.43. The van der Waals surface area contributed by atoms with Gasteiger partial charge in [-0.2, -0.15) is 0 Å². The molecule has 2 amide bonds. The summed E-state index contributed by atoms with van der Waals surface area (Å²) in [5.41, 5.74) is 6.32. The Kier molecular flexibility index (Phi) is 6.63. The molecule has 2 aromatic rings. The van der Waals surface area contributed by atoms with E-state index in [4.69, 9.17) is 10.5 Å². The van der Waals surface area contributed by atoms with Crippen molar-refractivity contribution in [1.29, 1.82) is 0 Å². The van der Waals surface area contributed by atoms with Crippen molar-refractivity contribution in [2.75, 3.05) is 22.9 Å². The molecule has 0 saturated heterocycles. The molecule has 9 heteroatoms. The SMILES string of the molecule is CC[C@H](Oc1ccc(N(C)S(C)(=O)=O)cc1)C(=O)Nc1ccccc1C(N)=O. The molecule has 3 N–H and O–H groups in total. The van der Waals surface area contributed by atoms with Crippen LogP contribution in [0.1, 0.15) is 23.7 Å². The molecular formula is C19H23N3O5S. The number of primary amides is 1. The first kappa shape index (κ1) is 21.2. The van der Waals surface area contributed by atoms with E-state index in [0.717, 1.165) is 10.6 Å². The van der Waals surface area contributed by atoms with Crippen LogP contribution in [-0.4, -0.2) is 39.6 Å². The lowest BCUT2D eigenvalue weighted by molar-refractivity contribution is -0.122. The Morgan fingerprint density at radius 1 is 1.14 bits per heavy atom. The van der Waals surface area contributed by atoms with Crippen molar-refractivity contribution >= 4 is 33.2 Å². The molecule has 0 radical (unpaired) electrons. The van der Waals surface area contributed by atoms with Crippen molar-refractivity contribution in [3.63, 3.8) is 0 Å². The van der Waals surface area contributed by atoms with Crippen LogP contribution < -0.4 is 20.1 Å². The van der Waals surface area contributed by atoms with Gasteiger partial charge in [0.05, 0.1) is 23.2 Å². The Balaban J connectivity index is 2.12. The third kappa shape index (κ3) is 5.23. The molecule has 0 aliphatic rings. The van der Waals surface area contributed by atoms with E-state index in [2.05, 4.69) is 5.32 Å². The number of para-hydroxylation sites is 1. The summed E-state index contributed by atoms with van der Waals surface area (Å²) >= 11 is 0. The largest absolute Gasteiger partial charge is 0.481 e.